The van der Waals surface area contributed by atoms with Crippen LogP contribution in [0, 0.1) is 13.8 Å². The van der Waals surface area contributed by atoms with Crippen molar-refractivity contribution in [2.45, 2.75) is 39.8 Å². The van der Waals surface area contributed by atoms with Gasteiger partial charge in [-0.2, -0.15) is 0 Å². The fourth-order valence-corrected chi connectivity index (χ4v) is 3.69. The van der Waals surface area contributed by atoms with Crippen LogP contribution in [0.3, 0.4) is 0 Å². The minimum atomic E-state index is -0.188. The summed E-state index contributed by atoms with van der Waals surface area (Å²) < 4.78 is 0. The summed E-state index contributed by atoms with van der Waals surface area (Å²) in [6.07, 6.45) is 0.966. The van der Waals surface area contributed by atoms with Crippen molar-refractivity contribution in [2.24, 2.45) is 0 Å². The normalized spacial score (nSPS) is 15.4. The maximum atomic E-state index is 12.7. The number of aryl methyl sites for hydroxylation is 2. The number of fused-ring (bicyclic) bond motifs is 1. The Hall–Kier alpha value is -3.21. The maximum absolute atomic E-state index is 12.7. The number of nitrogens with zero attached hydrogens (tertiary/aromatic N) is 3. The molecule has 1 atom stereocenters. The highest BCUT2D eigenvalue weighted by Crippen LogP contribution is 2.37. The lowest BCUT2D eigenvalue weighted by Crippen LogP contribution is -2.28. The molecule has 5 nitrogen and oxygen atoms in total. The Kier molecular flexibility index (Phi) is 4.82. The molecule has 1 aromatic heterocycles. The smallest absolute Gasteiger partial charge is 0.270 e. The zero-order chi connectivity index (χ0) is 19.7. The van der Waals surface area contributed by atoms with Gasteiger partial charge in [0.25, 0.3) is 5.91 Å². The number of aromatic nitrogens is 2. The molecule has 0 bridgehead atoms. The highest BCUT2D eigenvalue weighted by atomic mass is 16.1. The SMILES string of the molecule is Cc1ccc(CNC(=O)c2cc(N3c4ccccc4CC3C)nc(C)n2)cc1. The summed E-state index contributed by atoms with van der Waals surface area (Å²) in [7, 11) is 0. The molecule has 3 aromatic rings. The molecule has 2 aromatic carbocycles. The molecule has 0 fully saturated rings. The summed E-state index contributed by atoms with van der Waals surface area (Å²) in [4.78, 5) is 23.9. The van der Waals surface area contributed by atoms with Gasteiger partial charge in [-0.25, -0.2) is 9.97 Å². The van der Waals surface area contributed by atoms with Gasteiger partial charge in [-0.05, 0) is 44.4 Å². The molecule has 0 spiro atoms. The molecule has 5 heteroatoms. The van der Waals surface area contributed by atoms with Crippen LogP contribution in [0.5, 0.6) is 0 Å². The number of carbonyl (C=O) groups excluding carboxylic acids is 1. The number of nitrogens with one attached hydrogen (secondary N) is 1. The fraction of sp³-hybridized carbons (Fsp3) is 0.261. The van der Waals surface area contributed by atoms with Crippen LogP contribution < -0.4 is 10.2 Å². The van der Waals surface area contributed by atoms with E-state index in [0.717, 1.165) is 23.5 Å². The van der Waals surface area contributed by atoms with Crippen molar-refractivity contribution in [3.05, 3.63) is 82.8 Å². The monoisotopic (exact) mass is 372 g/mol. The number of benzene rings is 2. The van der Waals surface area contributed by atoms with Crippen molar-refractivity contribution in [1.82, 2.24) is 15.3 Å². The van der Waals surface area contributed by atoms with E-state index >= 15 is 0 Å². The minimum absolute atomic E-state index is 0.188. The van der Waals surface area contributed by atoms with Crippen molar-refractivity contribution in [3.63, 3.8) is 0 Å². The summed E-state index contributed by atoms with van der Waals surface area (Å²) in [5.74, 6) is 1.17. The van der Waals surface area contributed by atoms with E-state index in [9.17, 15) is 4.79 Å². The highest BCUT2D eigenvalue weighted by Gasteiger charge is 2.28. The van der Waals surface area contributed by atoms with Gasteiger partial charge < -0.3 is 10.2 Å². The summed E-state index contributed by atoms with van der Waals surface area (Å²) >= 11 is 0. The number of para-hydroxylation sites is 1. The van der Waals surface area contributed by atoms with Crippen LogP contribution in [0.4, 0.5) is 11.5 Å². The van der Waals surface area contributed by atoms with Gasteiger partial charge in [-0.1, -0.05) is 48.0 Å². The summed E-state index contributed by atoms with van der Waals surface area (Å²) in [6, 6.07) is 18.6. The molecule has 1 aliphatic rings. The third-order valence-corrected chi connectivity index (χ3v) is 5.08. The summed E-state index contributed by atoms with van der Waals surface area (Å²) in [5, 5.41) is 2.96. The third-order valence-electron chi connectivity index (χ3n) is 5.08. The molecule has 1 unspecified atom stereocenters. The first-order valence-corrected chi connectivity index (χ1v) is 9.58. The predicted octanol–water partition coefficient (Wildman–Crippen LogP) is 4.11. The topological polar surface area (TPSA) is 58.1 Å². The van der Waals surface area contributed by atoms with Crippen LogP contribution in [0.15, 0.2) is 54.6 Å². The van der Waals surface area contributed by atoms with E-state index in [4.69, 9.17) is 0 Å². The predicted molar refractivity (Wildman–Crippen MR) is 111 cm³/mol. The molecule has 1 aliphatic heterocycles. The van der Waals surface area contributed by atoms with Crippen LogP contribution in [0.2, 0.25) is 0 Å². The van der Waals surface area contributed by atoms with Gasteiger partial charge in [-0.15, -0.1) is 0 Å². The van der Waals surface area contributed by atoms with Crippen molar-refractivity contribution < 1.29 is 4.79 Å². The molecule has 0 aliphatic carbocycles. The van der Waals surface area contributed by atoms with Gasteiger partial charge in [0, 0.05) is 24.3 Å². The average Bonchev–Trinajstić information content (AvgIpc) is 3.02. The molecule has 0 saturated carbocycles. The molecule has 2 heterocycles. The number of carbonyl (C=O) groups is 1. The van der Waals surface area contributed by atoms with Gasteiger partial charge in [0.1, 0.15) is 17.3 Å². The van der Waals surface area contributed by atoms with E-state index < -0.39 is 0 Å². The van der Waals surface area contributed by atoms with Gasteiger partial charge >= 0.3 is 0 Å². The first-order chi connectivity index (χ1) is 13.5. The van der Waals surface area contributed by atoms with Gasteiger partial charge in [0.2, 0.25) is 0 Å². The zero-order valence-electron chi connectivity index (χ0n) is 16.4. The second kappa shape index (κ2) is 7.43. The highest BCUT2D eigenvalue weighted by molar-refractivity contribution is 5.93. The first kappa shape index (κ1) is 18.2. The molecule has 1 amide bonds. The molecule has 142 valence electrons. The molecule has 1 N–H and O–H groups in total. The standard InChI is InChI=1S/C23H24N4O/c1-15-8-10-18(11-9-15)14-24-23(28)20-13-22(26-17(3)25-20)27-16(2)12-19-6-4-5-7-21(19)27/h4-11,13,16H,12,14H2,1-3H3,(H,24,28). The fourth-order valence-electron chi connectivity index (χ4n) is 3.69. The zero-order valence-corrected chi connectivity index (χ0v) is 16.4. The van der Waals surface area contributed by atoms with Crippen LogP contribution in [0.1, 0.15) is 39.9 Å². The summed E-state index contributed by atoms with van der Waals surface area (Å²) in [6.45, 7) is 6.52. The van der Waals surface area contributed by atoms with Gasteiger partial charge in [0.15, 0.2) is 0 Å². The van der Waals surface area contributed by atoms with E-state index in [0.29, 0.717) is 18.1 Å². The minimum Gasteiger partial charge on any atom is -0.347 e. The maximum Gasteiger partial charge on any atom is 0.270 e. The molecule has 4 rings (SSSR count). The van der Waals surface area contributed by atoms with Crippen LogP contribution in [-0.2, 0) is 13.0 Å². The van der Waals surface area contributed by atoms with E-state index in [1.165, 1.54) is 11.1 Å². The van der Waals surface area contributed by atoms with Crippen molar-refractivity contribution >= 4 is 17.4 Å². The largest absolute Gasteiger partial charge is 0.347 e. The Bertz CT molecular complexity index is 1010. The average molecular weight is 372 g/mol. The van der Waals surface area contributed by atoms with E-state index in [2.05, 4.69) is 45.3 Å². The molecular weight excluding hydrogens is 348 g/mol. The molecule has 0 radical (unpaired) electrons. The van der Waals surface area contributed by atoms with Crippen LogP contribution in [-0.4, -0.2) is 21.9 Å². The van der Waals surface area contributed by atoms with E-state index in [1.807, 2.05) is 44.2 Å². The molecule has 0 saturated heterocycles. The Labute approximate surface area is 165 Å². The molecular formula is C23H24N4O. The van der Waals surface area contributed by atoms with Gasteiger partial charge in [-0.3, -0.25) is 4.79 Å². The van der Waals surface area contributed by atoms with E-state index in [1.54, 1.807) is 6.07 Å². The Balaban J connectivity index is 1.57. The Morgan fingerprint density at radius 2 is 1.86 bits per heavy atom. The number of anilines is 2. The lowest BCUT2D eigenvalue weighted by Gasteiger charge is -2.24. The summed E-state index contributed by atoms with van der Waals surface area (Å²) in [5.41, 5.74) is 5.11. The van der Waals surface area contributed by atoms with Crippen molar-refractivity contribution in [2.75, 3.05) is 4.90 Å². The number of hydrogen-bond acceptors (Lipinski definition) is 4. The van der Waals surface area contributed by atoms with Crippen LogP contribution in [0.25, 0.3) is 0 Å². The van der Waals surface area contributed by atoms with Crippen molar-refractivity contribution in [1.29, 1.82) is 0 Å². The first-order valence-electron chi connectivity index (χ1n) is 9.58. The quantitative estimate of drug-likeness (QED) is 0.749. The second-order valence-corrected chi connectivity index (χ2v) is 7.38. The number of rotatable bonds is 4. The molecule has 28 heavy (non-hydrogen) atoms. The van der Waals surface area contributed by atoms with Crippen molar-refractivity contribution in [3.8, 4) is 0 Å². The lowest BCUT2D eigenvalue weighted by atomic mass is 10.1. The van der Waals surface area contributed by atoms with E-state index in [-0.39, 0.29) is 11.9 Å². The second-order valence-electron chi connectivity index (χ2n) is 7.38. The van der Waals surface area contributed by atoms with Crippen LogP contribution >= 0.6 is 0 Å². The number of hydrogen-bond donors (Lipinski definition) is 1. The van der Waals surface area contributed by atoms with Gasteiger partial charge in [0.05, 0.1) is 0 Å². The Morgan fingerprint density at radius 1 is 1.11 bits per heavy atom. The third kappa shape index (κ3) is 3.60. The lowest BCUT2D eigenvalue weighted by molar-refractivity contribution is 0.0945. The number of amides is 1. The Morgan fingerprint density at radius 3 is 2.64 bits per heavy atom.